The Morgan fingerprint density at radius 2 is 1.96 bits per heavy atom. The SMILES string of the molecule is Cn1cc(C(=O)NCC2(c3ccccc3)CC2)c(C(F)(F)F)n1. The highest BCUT2D eigenvalue weighted by Crippen LogP contribution is 2.47. The Bertz CT molecular complexity index is 718. The zero-order valence-electron chi connectivity index (χ0n) is 12.5. The highest BCUT2D eigenvalue weighted by molar-refractivity contribution is 5.95. The molecule has 0 bridgehead atoms. The second kappa shape index (κ2) is 5.40. The van der Waals surface area contributed by atoms with Crippen molar-refractivity contribution in [2.45, 2.75) is 24.4 Å². The zero-order valence-corrected chi connectivity index (χ0v) is 12.5. The second-order valence-corrected chi connectivity index (χ2v) is 5.89. The van der Waals surface area contributed by atoms with Crippen LogP contribution in [0.25, 0.3) is 0 Å². The van der Waals surface area contributed by atoms with Crippen LogP contribution in [0.2, 0.25) is 0 Å². The van der Waals surface area contributed by atoms with Gasteiger partial charge >= 0.3 is 6.18 Å². The van der Waals surface area contributed by atoms with Gasteiger partial charge in [-0.15, -0.1) is 0 Å². The predicted octanol–water partition coefficient (Wildman–Crippen LogP) is 2.90. The quantitative estimate of drug-likeness (QED) is 0.940. The molecule has 1 N–H and O–H groups in total. The Morgan fingerprint density at radius 1 is 1.30 bits per heavy atom. The van der Waals surface area contributed by atoms with E-state index in [9.17, 15) is 18.0 Å². The molecule has 0 spiro atoms. The van der Waals surface area contributed by atoms with Crippen LogP contribution in [0.15, 0.2) is 36.5 Å². The molecule has 1 aromatic heterocycles. The van der Waals surface area contributed by atoms with Crippen LogP contribution >= 0.6 is 0 Å². The first-order valence-electron chi connectivity index (χ1n) is 7.26. The molecule has 1 aliphatic carbocycles. The molecule has 3 rings (SSSR count). The summed E-state index contributed by atoms with van der Waals surface area (Å²) in [7, 11) is 1.36. The average molecular weight is 323 g/mol. The van der Waals surface area contributed by atoms with E-state index in [1.165, 1.54) is 7.05 Å². The van der Waals surface area contributed by atoms with Gasteiger partial charge in [0.2, 0.25) is 0 Å². The Balaban J connectivity index is 1.74. The molecule has 23 heavy (non-hydrogen) atoms. The molecule has 1 heterocycles. The first-order chi connectivity index (χ1) is 10.8. The van der Waals surface area contributed by atoms with Gasteiger partial charge in [-0.1, -0.05) is 30.3 Å². The van der Waals surface area contributed by atoms with Crippen molar-refractivity contribution in [3.8, 4) is 0 Å². The summed E-state index contributed by atoms with van der Waals surface area (Å²) in [6.45, 7) is 0.321. The number of alkyl halides is 3. The molecule has 1 fully saturated rings. The maximum atomic E-state index is 12.9. The van der Waals surface area contributed by atoms with E-state index in [0.29, 0.717) is 6.54 Å². The van der Waals surface area contributed by atoms with Gasteiger partial charge in [-0.05, 0) is 18.4 Å². The fraction of sp³-hybridized carbons (Fsp3) is 0.375. The normalized spacial score (nSPS) is 16.2. The number of nitrogens with zero attached hydrogens (tertiary/aromatic N) is 2. The summed E-state index contributed by atoms with van der Waals surface area (Å²) in [6, 6.07) is 9.69. The van der Waals surface area contributed by atoms with Crippen LogP contribution < -0.4 is 5.32 Å². The molecular formula is C16H16F3N3O. The Labute approximate surface area is 131 Å². The standard InChI is InChI=1S/C16H16F3N3O/c1-22-9-12(13(21-22)16(17,18)19)14(23)20-10-15(7-8-15)11-5-3-2-4-6-11/h2-6,9H,7-8,10H2,1H3,(H,20,23). The van der Waals surface area contributed by atoms with Gasteiger partial charge in [0.25, 0.3) is 5.91 Å². The predicted molar refractivity (Wildman–Crippen MR) is 77.9 cm³/mol. The molecule has 1 aliphatic rings. The van der Waals surface area contributed by atoms with Gasteiger partial charge in [0, 0.05) is 25.2 Å². The molecule has 1 amide bonds. The number of benzene rings is 1. The van der Waals surface area contributed by atoms with Crippen molar-refractivity contribution in [1.29, 1.82) is 0 Å². The number of nitrogens with one attached hydrogen (secondary N) is 1. The molecule has 2 aromatic rings. The number of aryl methyl sites for hydroxylation is 1. The molecule has 1 aromatic carbocycles. The molecule has 1 saturated carbocycles. The third kappa shape index (κ3) is 3.09. The molecule has 0 unspecified atom stereocenters. The van der Waals surface area contributed by atoms with Crippen molar-refractivity contribution in [3.05, 3.63) is 53.3 Å². The largest absolute Gasteiger partial charge is 0.435 e. The van der Waals surface area contributed by atoms with E-state index in [4.69, 9.17) is 0 Å². The monoisotopic (exact) mass is 323 g/mol. The summed E-state index contributed by atoms with van der Waals surface area (Å²) in [6.07, 6.45) is -1.72. The fourth-order valence-electron chi connectivity index (χ4n) is 2.72. The summed E-state index contributed by atoms with van der Waals surface area (Å²) in [5.41, 5.74) is -0.647. The van der Waals surface area contributed by atoms with Crippen molar-refractivity contribution in [1.82, 2.24) is 15.1 Å². The van der Waals surface area contributed by atoms with Crippen LogP contribution in [0.5, 0.6) is 0 Å². The van der Waals surface area contributed by atoms with Crippen molar-refractivity contribution in [3.63, 3.8) is 0 Å². The van der Waals surface area contributed by atoms with Gasteiger partial charge in [-0.3, -0.25) is 9.48 Å². The summed E-state index contributed by atoms with van der Waals surface area (Å²) < 4.78 is 39.8. The zero-order chi connectivity index (χ0) is 16.7. The van der Waals surface area contributed by atoms with E-state index in [0.717, 1.165) is 29.3 Å². The van der Waals surface area contributed by atoms with Gasteiger partial charge in [-0.25, -0.2) is 0 Å². The number of amides is 1. The van der Waals surface area contributed by atoms with E-state index < -0.39 is 23.3 Å². The van der Waals surface area contributed by atoms with Crippen LogP contribution in [-0.4, -0.2) is 22.2 Å². The van der Waals surface area contributed by atoms with Gasteiger partial charge < -0.3 is 5.32 Å². The molecule has 0 radical (unpaired) electrons. The molecule has 4 nitrogen and oxygen atoms in total. The summed E-state index contributed by atoms with van der Waals surface area (Å²) in [5.74, 6) is -0.743. The minimum absolute atomic E-state index is 0.155. The molecule has 122 valence electrons. The molecule has 0 aliphatic heterocycles. The number of aromatic nitrogens is 2. The van der Waals surface area contributed by atoms with E-state index in [-0.39, 0.29) is 5.41 Å². The van der Waals surface area contributed by atoms with Crippen LogP contribution in [0.3, 0.4) is 0 Å². The maximum Gasteiger partial charge on any atom is 0.435 e. The topological polar surface area (TPSA) is 46.9 Å². The minimum atomic E-state index is -4.65. The number of hydrogen-bond donors (Lipinski definition) is 1. The average Bonchev–Trinajstić information content (AvgIpc) is 3.19. The molecular weight excluding hydrogens is 307 g/mol. The smallest absolute Gasteiger partial charge is 0.351 e. The molecule has 0 atom stereocenters. The van der Waals surface area contributed by atoms with Crippen LogP contribution in [0.4, 0.5) is 13.2 Å². The minimum Gasteiger partial charge on any atom is -0.351 e. The second-order valence-electron chi connectivity index (χ2n) is 5.89. The Kier molecular flexibility index (Phi) is 3.66. The summed E-state index contributed by atoms with van der Waals surface area (Å²) >= 11 is 0. The van der Waals surface area contributed by atoms with Gasteiger partial charge in [-0.2, -0.15) is 18.3 Å². The Hall–Kier alpha value is -2.31. The number of rotatable bonds is 4. The number of carbonyl (C=O) groups is 1. The van der Waals surface area contributed by atoms with E-state index in [1.807, 2.05) is 30.3 Å². The van der Waals surface area contributed by atoms with Gasteiger partial charge in [0.15, 0.2) is 5.69 Å². The summed E-state index contributed by atoms with van der Waals surface area (Å²) in [5, 5.41) is 5.99. The lowest BCUT2D eigenvalue weighted by Crippen LogP contribution is -2.33. The van der Waals surface area contributed by atoms with Crippen molar-refractivity contribution in [2.24, 2.45) is 7.05 Å². The van der Waals surface area contributed by atoms with Crippen LogP contribution in [-0.2, 0) is 18.6 Å². The highest BCUT2D eigenvalue weighted by atomic mass is 19.4. The van der Waals surface area contributed by atoms with Crippen molar-refractivity contribution in [2.75, 3.05) is 6.54 Å². The first-order valence-corrected chi connectivity index (χ1v) is 7.26. The third-order valence-corrected chi connectivity index (χ3v) is 4.17. The van der Waals surface area contributed by atoms with E-state index in [2.05, 4.69) is 10.4 Å². The third-order valence-electron chi connectivity index (χ3n) is 4.17. The van der Waals surface area contributed by atoms with Crippen molar-refractivity contribution < 1.29 is 18.0 Å². The molecule has 0 saturated heterocycles. The fourth-order valence-corrected chi connectivity index (χ4v) is 2.72. The first kappa shape index (κ1) is 15.6. The maximum absolute atomic E-state index is 12.9. The Morgan fingerprint density at radius 3 is 2.52 bits per heavy atom. The van der Waals surface area contributed by atoms with E-state index in [1.54, 1.807) is 0 Å². The van der Waals surface area contributed by atoms with Gasteiger partial charge in [0.1, 0.15) is 0 Å². The van der Waals surface area contributed by atoms with E-state index >= 15 is 0 Å². The lowest BCUT2D eigenvalue weighted by molar-refractivity contribution is -0.141. The lowest BCUT2D eigenvalue weighted by atomic mass is 9.96. The molecule has 7 heteroatoms. The summed E-state index contributed by atoms with van der Waals surface area (Å²) in [4.78, 5) is 12.2. The number of carbonyl (C=O) groups excluding carboxylic acids is 1. The van der Waals surface area contributed by atoms with Crippen molar-refractivity contribution >= 4 is 5.91 Å². The van der Waals surface area contributed by atoms with Crippen LogP contribution in [0.1, 0.15) is 34.5 Å². The lowest BCUT2D eigenvalue weighted by Gasteiger charge is -2.16. The van der Waals surface area contributed by atoms with Gasteiger partial charge in [0.05, 0.1) is 5.56 Å². The van der Waals surface area contributed by atoms with Crippen LogP contribution in [0, 0.1) is 0 Å². The number of halogens is 3. The highest BCUT2D eigenvalue weighted by Gasteiger charge is 2.45. The number of hydrogen-bond acceptors (Lipinski definition) is 2.